The van der Waals surface area contributed by atoms with Crippen LogP contribution in [0.15, 0.2) is 40.7 Å². The van der Waals surface area contributed by atoms with Gasteiger partial charge in [-0.3, -0.25) is 4.99 Å². The number of nitrogens with one attached hydrogen (secondary N) is 2. The van der Waals surface area contributed by atoms with E-state index in [1.54, 1.807) is 24.5 Å². The summed E-state index contributed by atoms with van der Waals surface area (Å²) in [7, 11) is 1.75. The Morgan fingerprint density at radius 1 is 1.21 bits per heavy atom. The fourth-order valence-electron chi connectivity index (χ4n) is 3.55. The number of hydrogen-bond acceptors (Lipinski definition) is 4. The number of aliphatic imine (C=N–C) groups is 1. The molecule has 0 saturated carbocycles. The number of guanidine groups is 1. The number of hydrogen-bond donors (Lipinski definition) is 2. The van der Waals surface area contributed by atoms with Crippen molar-refractivity contribution in [2.45, 2.75) is 26.3 Å². The Bertz CT molecular complexity index is 785. The molecule has 29 heavy (non-hydrogen) atoms. The second-order valence-corrected chi connectivity index (χ2v) is 8.41. The molecular weight excluding hydrogens is 385 g/mol. The van der Waals surface area contributed by atoms with Gasteiger partial charge in [-0.15, -0.1) is 11.3 Å². The molecule has 7 heteroatoms. The summed E-state index contributed by atoms with van der Waals surface area (Å²) in [5, 5.41) is 8.73. The number of likely N-dealkylation sites (N-methyl/N-ethyl adjacent to an activating group) is 1. The summed E-state index contributed by atoms with van der Waals surface area (Å²) in [4.78, 5) is 10.2. The van der Waals surface area contributed by atoms with Crippen molar-refractivity contribution in [2.75, 3.05) is 51.2 Å². The van der Waals surface area contributed by atoms with Gasteiger partial charge in [0.25, 0.3) is 0 Å². The van der Waals surface area contributed by atoms with Gasteiger partial charge in [-0.1, -0.05) is 26.0 Å². The van der Waals surface area contributed by atoms with Gasteiger partial charge in [-0.2, -0.15) is 0 Å². The molecule has 1 aromatic carbocycles. The SMILES string of the molecule is CCN1CCN(c2ccc(CNC(=NC)NCC(C)c3cccs3)cc2F)CC1. The zero-order valence-corrected chi connectivity index (χ0v) is 18.4. The van der Waals surface area contributed by atoms with Crippen LogP contribution in [0.2, 0.25) is 0 Å². The molecule has 1 unspecified atom stereocenters. The van der Waals surface area contributed by atoms with Crippen LogP contribution in [0.1, 0.15) is 30.2 Å². The molecule has 1 fully saturated rings. The van der Waals surface area contributed by atoms with Crippen LogP contribution in [0.5, 0.6) is 0 Å². The lowest BCUT2D eigenvalue weighted by molar-refractivity contribution is 0.270. The third kappa shape index (κ3) is 5.93. The summed E-state index contributed by atoms with van der Waals surface area (Å²) in [6.07, 6.45) is 0. The summed E-state index contributed by atoms with van der Waals surface area (Å²) in [6, 6.07) is 9.77. The van der Waals surface area contributed by atoms with Crippen molar-refractivity contribution >= 4 is 23.0 Å². The van der Waals surface area contributed by atoms with E-state index >= 15 is 0 Å². The summed E-state index contributed by atoms with van der Waals surface area (Å²) in [5.41, 5.74) is 1.62. The molecule has 5 nitrogen and oxygen atoms in total. The molecule has 0 spiro atoms. The molecule has 1 saturated heterocycles. The summed E-state index contributed by atoms with van der Waals surface area (Å²) in [6.45, 7) is 10.5. The Hall–Kier alpha value is -2.12. The largest absolute Gasteiger partial charge is 0.367 e. The average molecular weight is 418 g/mol. The summed E-state index contributed by atoms with van der Waals surface area (Å²) < 4.78 is 14.7. The van der Waals surface area contributed by atoms with Crippen molar-refractivity contribution in [1.29, 1.82) is 0 Å². The molecule has 3 rings (SSSR count). The molecule has 2 heterocycles. The zero-order chi connectivity index (χ0) is 20.6. The minimum Gasteiger partial charge on any atom is -0.367 e. The first-order valence-corrected chi connectivity index (χ1v) is 11.2. The van der Waals surface area contributed by atoms with Crippen molar-refractivity contribution in [1.82, 2.24) is 15.5 Å². The normalized spacial score (nSPS) is 16.7. The van der Waals surface area contributed by atoms with E-state index in [2.05, 4.69) is 56.8 Å². The minimum absolute atomic E-state index is 0.150. The van der Waals surface area contributed by atoms with E-state index < -0.39 is 0 Å². The lowest BCUT2D eigenvalue weighted by atomic mass is 10.1. The maximum atomic E-state index is 14.7. The number of rotatable bonds is 7. The van der Waals surface area contributed by atoms with Gasteiger partial charge in [-0.25, -0.2) is 4.39 Å². The van der Waals surface area contributed by atoms with Crippen LogP contribution in [-0.4, -0.2) is 57.2 Å². The Morgan fingerprint density at radius 2 is 2.00 bits per heavy atom. The second kappa shape index (κ2) is 10.6. The molecular formula is C22H32FN5S. The number of thiophene rings is 1. The molecule has 1 aromatic heterocycles. The minimum atomic E-state index is -0.150. The van der Waals surface area contributed by atoms with Gasteiger partial charge in [0.15, 0.2) is 5.96 Å². The van der Waals surface area contributed by atoms with Crippen LogP contribution >= 0.6 is 11.3 Å². The lowest BCUT2D eigenvalue weighted by Gasteiger charge is -2.35. The second-order valence-electron chi connectivity index (χ2n) is 7.43. The van der Waals surface area contributed by atoms with Crippen LogP contribution in [0, 0.1) is 5.82 Å². The molecule has 1 aliphatic heterocycles. The Labute approximate surface area is 177 Å². The van der Waals surface area contributed by atoms with Crippen LogP contribution in [-0.2, 0) is 6.54 Å². The van der Waals surface area contributed by atoms with E-state index in [9.17, 15) is 4.39 Å². The highest BCUT2D eigenvalue weighted by atomic mass is 32.1. The lowest BCUT2D eigenvalue weighted by Crippen LogP contribution is -2.46. The van der Waals surface area contributed by atoms with E-state index in [1.807, 2.05) is 12.1 Å². The van der Waals surface area contributed by atoms with E-state index in [0.29, 0.717) is 18.2 Å². The van der Waals surface area contributed by atoms with E-state index in [-0.39, 0.29) is 5.82 Å². The van der Waals surface area contributed by atoms with E-state index in [0.717, 1.165) is 50.8 Å². The third-order valence-corrected chi connectivity index (χ3v) is 6.56. The van der Waals surface area contributed by atoms with Gasteiger partial charge in [0.1, 0.15) is 5.82 Å². The number of piperazine rings is 1. The maximum Gasteiger partial charge on any atom is 0.191 e. The number of nitrogens with zero attached hydrogens (tertiary/aromatic N) is 3. The molecule has 0 aliphatic carbocycles. The summed E-state index contributed by atoms with van der Waals surface area (Å²) >= 11 is 1.77. The number of anilines is 1. The smallest absolute Gasteiger partial charge is 0.191 e. The standard InChI is InChI=1S/C22H32FN5S/c1-4-27-9-11-28(12-10-27)20-8-7-18(14-19(20)23)16-26-22(24-3)25-15-17(2)21-6-5-13-29-21/h5-8,13-14,17H,4,9-12,15-16H2,1-3H3,(H2,24,25,26). The predicted molar refractivity (Wildman–Crippen MR) is 122 cm³/mol. The topological polar surface area (TPSA) is 42.9 Å². The fourth-order valence-corrected chi connectivity index (χ4v) is 4.34. The van der Waals surface area contributed by atoms with Crippen LogP contribution < -0.4 is 15.5 Å². The summed E-state index contributed by atoms with van der Waals surface area (Å²) in [5.74, 6) is 0.996. The van der Waals surface area contributed by atoms with Crippen molar-refractivity contribution in [3.8, 4) is 0 Å². The van der Waals surface area contributed by atoms with Crippen LogP contribution in [0.4, 0.5) is 10.1 Å². The Balaban J connectivity index is 1.50. The quantitative estimate of drug-likeness (QED) is 0.535. The molecule has 158 valence electrons. The van der Waals surface area contributed by atoms with Crippen LogP contribution in [0.25, 0.3) is 0 Å². The van der Waals surface area contributed by atoms with Crippen molar-refractivity contribution in [3.63, 3.8) is 0 Å². The fraction of sp³-hybridized carbons (Fsp3) is 0.500. The number of benzene rings is 1. The van der Waals surface area contributed by atoms with E-state index in [1.165, 1.54) is 4.88 Å². The highest BCUT2D eigenvalue weighted by molar-refractivity contribution is 7.10. The molecule has 1 aliphatic rings. The van der Waals surface area contributed by atoms with Gasteiger partial charge in [0.2, 0.25) is 0 Å². The molecule has 2 N–H and O–H groups in total. The molecule has 0 bridgehead atoms. The molecule has 0 amide bonds. The van der Waals surface area contributed by atoms with Gasteiger partial charge in [0.05, 0.1) is 5.69 Å². The van der Waals surface area contributed by atoms with Crippen molar-refractivity contribution in [2.24, 2.45) is 4.99 Å². The van der Waals surface area contributed by atoms with Gasteiger partial charge >= 0.3 is 0 Å². The Kier molecular flexibility index (Phi) is 7.89. The average Bonchev–Trinajstić information content (AvgIpc) is 3.29. The predicted octanol–water partition coefficient (Wildman–Crippen LogP) is 3.50. The molecule has 0 radical (unpaired) electrons. The van der Waals surface area contributed by atoms with Crippen LogP contribution in [0.3, 0.4) is 0 Å². The first kappa shape index (κ1) is 21.6. The van der Waals surface area contributed by atoms with Crippen molar-refractivity contribution in [3.05, 3.63) is 52.0 Å². The first-order valence-electron chi connectivity index (χ1n) is 10.3. The molecule has 1 atom stereocenters. The van der Waals surface area contributed by atoms with E-state index in [4.69, 9.17) is 0 Å². The van der Waals surface area contributed by atoms with Gasteiger partial charge in [-0.05, 0) is 35.7 Å². The first-order chi connectivity index (χ1) is 14.1. The number of halogens is 1. The van der Waals surface area contributed by atoms with Crippen molar-refractivity contribution < 1.29 is 4.39 Å². The zero-order valence-electron chi connectivity index (χ0n) is 17.6. The third-order valence-electron chi connectivity index (χ3n) is 5.46. The monoisotopic (exact) mass is 417 g/mol. The maximum absolute atomic E-state index is 14.7. The van der Waals surface area contributed by atoms with Gasteiger partial charge in [0, 0.05) is 57.1 Å². The Morgan fingerprint density at radius 3 is 2.62 bits per heavy atom. The highest BCUT2D eigenvalue weighted by Crippen LogP contribution is 2.22. The van der Waals surface area contributed by atoms with Gasteiger partial charge < -0.3 is 20.4 Å². The molecule has 2 aromatic rings. The highest BCUT2D eigenvalue weighted by Gasteiger charge is 2.18.